The van der Waals surface area contributed by atoms with Gasteiger partial charge >= 0.3 is 0 Å². The fourth-order valence-corrected chi connectivity index (χ4v) is 3.75. The van der Waals surface area contributed by atoms with Crippen molar-refractivity contribution in [1.82, 2.24) is 19.5 Å². The van der Waals surface area contributed by atoms with Crippen LogP contribution in [0.2, 0.25) is 0 Å². The van der Waals surface area contributed by atoms with Crippen LogP contribution >= 0.6 is 0 Å². The van der Waals surface area contributed by atoms with E-state index in [1.807, 2.05) is 35.0 Å². The number of benzene rings is 1. The molecule has 4 heterocycles. The molecule has 2 aliphatic heterocycles. The van der Waals surface area contributed by atoms with Crippen LogP contribution in [0.5, 0.6) is 0 Å². The van der Waals surface area contributed by atoms with Gasteiger partial charge in [-0.2, -0.15) is 0 Å². The van der Waals surface area contributed by atoms with Gasteiger partial charge in [0.25, 0.3) is 0 Å². The summed E-state index contributed by atoms with van der Waals surface area (Å²) in [5.41, 5.74) is 3.09. The molecular formula is C20H22N6O. The topological polar surface area (TPSA) is 58.3 Å². The maximum Gasteiger partial charge on any atom is 0.153 e. The van der Waals surface area contributed by atoms with Crippen LogP contribution in [0.15, 0.2) is 60.0 Å². The molecule has 0 aliphatic carbocycles. The molecular weight excluding hydrogens is 340 g/mol. The monoisotopic (exact) mass is 362 g/mol. The molecule has 0 spiro atoms. The Kier molecular flexibility index (Phi) is 4.21. The lowest BCUT2D eigenvalue weighted by Crippen LogP contribution is -2.49. The number of aromatic nitrogens is 3. The molecule has 0 bridgehead atoms. The first-order valence-electron chi connectivity index (χ1n) is 9.41. The van der Waals surface area contributed by atoms with Gasteiger partial charge in [0, 0.05) is 51.5 Å². The average molecular weight is 362 g/mol. The summed E-state index contributed by atoms with van der Waals surface area (Å²) in [6.07, 6.45) is 4.68. The predicted molar refractivity (Wildman–Crippen MR) is 104 cm³/mol. The van der Waals surface area contributed by atoms with Gasteiger partial charge in [-0.1, -0.05) is 35.5 Å². The zero-order valence-electron chi connectivity index (χ0n) is 15.1. The van der Waals surface area contributed by atoms with Gasteiger partial charge < -0.3 is 9.74 Å². The molecule has 0 amide bonds. The van der Waals surface area contributed by atoms with E-state index >= 15 is 0 Å². The highest BCUT2D eigenvalue weighted by atomic mass is 16.6. The highest BCUT2D eigenvalue weighted by Crippen LogP contribution is 2.19. The van der Waals surface area contributed by atoms with E-state index in [-0.39, 0.29) is 6.10 Å². The van der Waals surface area contributed by atoms with Crippen molar-refractivity contribution in [3.63, 3.8) is 0 Å². The summed E-state index contributed by atoms with van der Waals surface area (Å²) in [5.74, 6) is 1.01. The lowest BCUT2D eigenvalue weighted by Gasteiger charge is -2.35. The van der Waals surface area contributed by atoms with E-state index in [2.05, 4.69) is 43.2 Å². The number of oxime groups is 1. The number of rotatable bonds is 4. The van der Waals surface area contributed by atoms with Crippen LogP contribution in [0.4, 0.5) is 5.82 Å². The van der Waals surface area contributed by atoms with Gasteiger partial charge in [0.2, 0.25) is 0 Å². The number of fused-ring (bicyclic) bond motifs is 1. The van der Waals surface area contributed by atoms with E-state index in [9.17, 15) is 0 Å². The Morgan fingerprint density at radius 2 is 1.85 bits per heavy atom. The van der Waals surface area contributed by atoms with Gasteiger partial charge in [-0.05, 0) is 17.7 Å². The first-order chi connectivity index (χ1) is 13.3. The maximum atomic E-state index is 5.68. The van der Waals surface area contributed by atoms with E-state index in [4.69, 9.17) is 4.84 Å². The summed E-state index contributed by atoms with van der Waals surface area (Å²) in [6.45, 7) is 4.86. The summed E-state index contributed by atoms with van der Waals surface area (Å²) in [7, 11) is 0. The Morgan fingerprint density at radius 3 is 2.70 bits per heavy atom. The number of imidazole rings is 1. The molecule has 0 unspecified atom stereocenters. The number of hydrogen-bond donors (Lipinski definition) is 0. The summed E-state index contributed by atoms with van der Waals surface area (Å²) in [5, 5.41) is 8.95. The van der Waals surface area contributed by atoms with E-state index in [1.165, 1.54) is 0 Å². The molecule has 2 aromatic heterocycles. The molecule has 138 valence electrons. The number of hydrogen-bond acceptors (Lipinski definition) is 6. The second-order valence-corrected chi connectivity index (χ2v) is 7.04. The maximum absolute atomic E-state index is 5.68. The fraction of sp³-hybridized carbons (Fsp3) is 0.350. The summed E-state index contributed by atoms with van der Waals surface area (Å²) < 4.78 is 1.83. The van der Waals surface area contributed by atoms with Crippen LogP contribution in [0.1, 0.15) is 12.0 Å². The molecule has 2 aliphatic rings. The summed E-state index contributed by atoms with van der Waals surface area (Å²) >= 11 is 0. The largest absolute Gasteiger partial charge is 0.390 e. The third kappa shape index (κ3) is 3.38. The highest BCUT2D eigenvalue weighted by Gasteiger charge is 2.26. The smallest absolute Gasteiger partial charge is 0.153 e. The highest BCUT2D eigenvalue weighted by molar-refractivity contribution is 6.01. The lowest BCUT2D eigenvalue weighted by atomic mass is 10.0. The van der Waals surface area contributed by atoms with Crippen LogP contribution in [0.3, 0.4) is 0 Å². The number of piperazine rings is 1. The molecule has 1 saturated heterocycles. The Morgan fingerprint density at radius 1 is 1.00 bits per heavy atom. The minimum absolute atomic E-state index is 0.146. The Labute approximate surface area is 157 Å². The first kappa shape index (κ1) is 16.3. The van der Waals surface area contributed by atoms with Crippen molar-refractivity contribution in [1.29, 1.82) is 0 Å². The molecule has 5 rings (SSSR count). The molecule has 3 aromatic rings. The summed E-state index contributed by atoms with van der Waals surface area (Å²) in [4.78, 5) is 14.7. The fourth-order valence-electron chi connectivity index (χ4n) is 3.75. The zero-order chi connectivity index (χ0) is 18.1. The molecule has 0 N–H and O–H groups in total. The average Bonchev–Trinajstić information content (AvgIpc) is 3.38. The van der Waals surface area contributed by atoms with Crippen molar-refractivity contribution in [2.24, 2.45) is 5.16 Å². The van der Waals surface area contributed by atoms with E-state index in [1.54, 1.807) is 6.20 Å². The van der Waals surface area contributed by atoms with Crippen molar-refractivity contribution < 1.29 is 4.84 Å². The van der Waals surface area contributed by atoms with E-state index in [0.29, 0.717) is 0 Å². The van der Waals surface area contributed by atoms with Crippen LogP contribution in [-0.2, 0) is 4.84 Å². The quantitative estimate of drug-likeness (QED) is 0.711. The third-order valence-corrected chi connectivity index (χ3v) is 5.24. The van der Waals surface area contributed by atoms with Crippen molar-refractivity contribution >= 4 is 17.2 Å². The zero-order valence-corrected chi connectivity index (χ0v) is 15.1. The normalized spacial score (nSPS) is 20.7. The van der Waals surface area contributed by atoms with Gasteiger partial charge in [0.05, 0.1) is 5.71 Å². The second kappa shape index (κ2) is 7.00. The molecule has 7 nitrogen and oxygen atoms in total. The van der Waals surface area contributed by atoms with Crippen LogP contribution in [0, 0.1) is 0 Å². The van der Waals surface area contributed by atoms with Crippen molar-refractivity contribution in [2.75, 3.05) is 37.6 Å². The number of anilines is 1. The lowest BCUT2D eigenvalue weighted by molar-refractivity contribution is 0.0510. The molecule has 1 fully saturated rings. The molecule has 0 saturated carbocycles. The van der Waals surface area contributed by atoms with Crippen molar-refractivity contribution in [3.8, 4) is 0 Å². The van der Waals surface area contributed by atoms with Gasteiger partial charge in [-0.3, -0.25) is 4.90 Å². The molecule has 1 aromatic carbocycles. The van der Waals surface area contributed by atoms with Gasteiger partial charge in [0.15, 0.2) is 5.65 Å². The Balaban J connectivity index is 1.15. The van der Waals surface area contributed by atoms with E-state index in [0.717, 1.165) is 61.9 Å². The Hall–Kier alpha value is -2.93. The second-order valence-electron chi connectivity index (χ2n) is 7.04. The summed E-state index contributed by atoms with van der Waals surface area (Å²) in [6, 6.07) is 14.4. The standard InChI is InChI=1S/C20H22N6O/c1-2-4-16(5-3-1)18-14-17(27-23-18)15-24-10-12-25(13-11-24)20-7-6-19-21-8-9-26(19)22-20/h1-9,17H,10-15H2/t17-/m0/s1. The van der Waals surface area contributed by atoms with Crippen molar-refractivity contribution in [3.05, 3.63) is 60.4 Å². The molecule has 27 heavy (non-hydrogen) atoms. The van der Waals surface area contributed by atoms with Crippen molar-refractivity contribution in [2.45, 2.75) is 12.5 Å². The molecule has 1 atom stereocenters. The number of nitrogens with zero attached hydrogens (tertiary/aromatic N) is 6. The third-order valence-electron chi connectivity index (χ3n) is 5.24. The Bertz CT molecular complexity index is 945. The predicted octanol–water partition coefficient (Wildman–Crippen LogP) is 2.04. The van der Waals surface area contributed by atoms with Crippen LogP contribution in [-0.4, -0.2) is 64.0 Å². The SMILES string of the molecule is c1ccc(C2=NO[C@H](CN3CCN(c4ccc5nccn5n4)CC3)C2)cc1. The van der Waals surface area contributed by atoms with Crippen LogP contribution < -0.4 is 4.90 Å². The minimum atomic E-state index is 0.146. The van der Waals surface area contributed by atoms with Gasteiger partial charge in [0.1, 0.15) is 11.9 Å². The van der Waals surface area contributed by atoms with Gasteiger partial charge in [-0.25, -0.2) is 9.50 Å². The van der Waals surface area contributed by atoms with Crippen LogP contribution in [0.25, 0.3) is 5.65 Å². The van der Waals surface area contributed by atoms with Gasteiger partial charge in [-0.15, -0.1) is 5.10 Å². The van der Waals surface area contributed by atoms with E-state index < -0.39 is 0 Å². The molecule has 7 heteroatoms. The minimum Gasteiger partial charge on any atom is -0.390 e. The first-order valence-corrected chi connectivity index (χ1v) is 9.41. The molecule has 0 radical (unpaired) electrons.